The summed E-state index contributed by atoms with van der Waals surface area (Å²) in [6, 6.07) is 11.2. The van der Waals surface area contributed by atoms with Crippen molar-refractivity contribution in [3.05, 3.63) is 59.9 Å². The lowest BCUT2D eigenvalue weighted by molar-refractivity contribution is -0.140. The van der Waals surface area contributed by atoms with Crippen molar-refractivity contribution < 1.29 is 27.1 Å². The van der Waals surface area contributed by atoms with E-state index in [1.54, 1.807) is 38.1 Å². The number of amides is 2. The van der Waals surface area contributed by atoms with E-state index in [0.29, 0.717) is 18.5 Å². The molecule has 10 heteroatoms. The topological polar surface area (TPSA) is 96.0 Å². The van der Waals surface area contributed by atoms with Crippen LogP contribution in [0, 0.1) is 5.82 Å². The first kappa shape index (κ1) is 26.1. The molecule has 0 aliphatic carbocycles. The Morgan fingerprint density at radius 1 is 1.09 bits per heavy atom. The Bertz CT molecular complexity index is 1060. The number of carbonyl (C=O) groups is 2. The van der Waals surface area contributed by atoms with Gasteiger partial charge in [0.25, 0.3) is 0 Å². The van der Waals surface area contributed by atoms with Gasteiger partial charge in [-0.3, -0.25) is 13.9 Å². The zero-order valence-electron chi connectivity index (χ0n) is 19.2. The number of likely N-dealkylation sites (N-methyl/N-ethyl adjacent to an activating group) is 1. The molecule has 0 heterocycles. The van der Waals surface area contributed by atoms with Crippen LogP contribution >= 0.6 is 0 Å². The van der Waals surface area contributed by atoms with Crippen molar-refractivity contribution in [1.29, 1.82) is 0 Å². The molecule has 0 aliphatic heterocycles. The molecular weight excluding hydrogens is 449 g/mol. The minimum Gasteiger partial charge on any atom is -0.495 e. The van der Waals surface area contributed by atoms with E-state index >= 15 is 0 Å². The van der Waals surface area contributed by atoms with Crippen LogP contribution in [-0.4, -0.2) is 57.6 Å². The van der Waals surface area contributed by atoms with Crippen molar-refractivity contribution in [2.75, 3.05) is 30.8 Å². The number of carbonyl (C=O) groups excluding carboxylic acids is 2. The molecule has 0 aliphatic rings. The molecular formula is C23H30FN3O5S. The van der Waals surface area contributed by atoms with Gasteiger partial charge in [0.2, 0.25) is 21.8 Å². The lowest BCUT2D eigenvalue weighted by atomic mass is 10.1. The van der Waals surface area contributed by atoms with Gasteiger partial charge in [-0.15, -0.1) is 0 Å². The summed E-state index contributed by atoms with van der Waals surface area (Å²) in [6.45, 7) is 3.39. The molecule has 0 saturated heterocycles. The predicted molar refractivity (Wildman–Crippen MR) is 125 cm³/mol. The largest absolute Gasteiger partial charge is 0.495 e. The normalized spacial score (nSPS) is 12.0. The zero-order valence-corrected chi connectivity index (χ0v) is 20.1. The number of rotatable bonds is 11. The van der Waals surface area contributed by atoms with Crippen molar-refractivity contribution >= 4 is 27.5 Å². The number of hydrogen-bond acceptors (Lipinski definition) is 5. The molecule has 2 amide bonds. The maximum Gasteiger partial charge on any atom is 0.244 e. The number of halogens is 1. The quantitative estimate of drug-likeness (QED) is 0.534. The molecule has 0 spiro atoms. The van der Waals surface area contributed by atoms with Gasteiger partial charge < -0.3 is 15.0 Å². The minimum atomic E-state index is -3.86. The van der Waals surface area contributed by atoms with Crippen LogP contribution in [0.1, 0.15) is 25.8 Å². The Balaban J connectivity index is 2.46. The third-order valence-corrected chi connectivity index (χ3v) is 6.16. The molecule has 2 aromatic carbocycles. The van der Waals surface area contributed by atoms with E-state index in [1.807, 2.05) is 0 Å². The van der Waals surface area contributed by atoms with E-state index in [2.05, 4.69) is 5.32 Å². The number of nitrogens with zero attached hydrogens (tertiary/aromatic N) is 2. The highest BCUT2D eigenvalue weighted by Gasteiger charge is 2.32. The molecule has 8 nitrogen and oxygen atoms in total. The SMILES string of the molecule is CCNC(=O)C(CC)N(Cc1ccc(F)cc1)C(=O)CN(c1ccccc1OC)S(C)(=O)=O. The molecule has 0 aromatic heterocycles. The van der Waals surface area contributed by atoms with E-state index in [9.17, 15) is 22.4 Å². The Kier molecular flexibility index (Phi) is 9.22. The second kappa shape index (κ2) is 11.6. The zero-order chi connectivity index (χ0) is 24.6. The summed E-state index contributed by atoms with van der Waals surface area (Å²) < 4.78 is 44.8. The molecule has 0 bridgehead atoms. The summed E-state index contributed by atoms with van der Waals surface area (Å²) in [6.07, 6.45) is 1.31. The van der Waals surface area contributed by atoms with Crippen LogP contribution in [0.25, 0.3) is 0 Å². The molecule has 33 heavy (non-hydrogen) atoms. The molecule has 180 valence electrons. The molecule has 1 atom stereocenters. The average molecular weight is 480 g/mol. The van der Waals surface area contributed by atoms with Crippen LogP contribution in [0.4, 0.5) is 10.1 Å². The van der Waals surface area contributed by atoms with Gasteiger partial charge in [0.1, 0.15) is 24.2 Å². The first-order valence-corrected chi connectivity index (χ1v) is 12.4. The Morgan fingerprint density at radius 3 is 2.27 bits per heavy atom. The number of ether oxygens (including phenoxy) is 1. The maximum atomic E-state index is 13.5. The fourth-order valence-corrected chi connectivity index (χ4v) is 4.28. The average Bonchev–Trinajstić information content (AvgIpc) is 2.78. The van der Waals surface area contributed by atoms with Crippen molar-refractivity contribution in [3.63, 3.8) is 0 Å². The standard InChI is InChI=1S/C23H30FN3O5S/c1-5-19(23(29)25-6-2)26(15-17-11-13-18(24)14-12-17)22(28)16-27(33(4,30)31)20-9-7-8-10-21(20)32-3/h7-14,19H,5-6,15-16H2,1-4H3,(H,25,29). The molecule has 2 rings (SSSR count). The van der Waals surface area contributed by atoms with Crippen molar-refractivity contribution in [2.45, 2.75) is 32.9 Å². The molecule has 1 unspecified atom stereocenters. The van der Waals surface area contributed by atoms with E-state index < -0.39 is 34.3 Å². The number of methoxy groups -OCH3 is 1. The molecule has 2 aromatic rings. The molecule has 0 fully saturated rings. The van der Waals surface area contributed by atoms with Crippen LogP contribution in [-0.2, 0) is 26.2 Å². The van der Waals surface area contributed by atoms with Gasteiger partial charge >= 0.3 is 0 Å². The second-order valence-corrected chi connectivity index (χ2v) is 9.32. The highest BCUT2D eigenvalue weighted by atomic mass is 32.2. The summed E-state index contributed by atoms with van der Waals surface area (Å²) in [4.78, 5) is 27.5. The van der Waals surface area contributed by atoms with Gasteiger partial charge in [-0.2, -0.15) is 0 Å². The van der Waals surface area contributed by atoms with Crippen LogP contribution < -0.4 is 14.4 Å². The van der Waals surface area contributed by atoms with E-state index in [0.717, 1.165) is 10.6 Å². The molecule has 1 N–H and O–H groups in total. The van der Waals surface area contributed by atoms with E-state index in [1.165, 1.54) is 36.3 Å². The molecule has 0 saturated carbocycles. The lowest BCUT2D eigenvalue weighted by Gasteiger charge is -2.33. The lowest BCUT2D eigenvalue weighted by Crippen LogP contribution is -2.52. The fraction of sp³-hybridized carbons (Fsp3) is 0.391. The highest BCUT2D eigenvalue weighted by molar-refractivity contribution is 7.92. The van der Waals surface area contributed by atoms with Gasteiger partial charge in [0.05, 0.1) is 19.1 Å². The summed E-state index contributed by atoms with van der Waals surface area (Å²) in [5, 5.41) is 2.72. The van der Waals surface area contributed by atoms with Crippen LogP contribution in [0.5, 0.6) is 5.75 Å². The fourth-order valence-electron chi connectivity index (χ4n) is 3.43. The number of anilines is 1. The third kappa shape index (κ3) is 6.92. The van der Waals surface area contributed by atoms with Crippen molar-refractivity contribution in [3.8, 4) is 5.75 Å². The predicted octanol–water partition coefficient (Wildman–Crippen LogP) is 2.54. The summed E-state index contributed by atoms with van der Waals surface area (Å²) in [7, 11) is -2.46. The van der Waals surface area contributed by atoms with Crippen LogP contribution in [0.3, 0.4) is 0 Å². The smallest absolute Gasteiger partial charge is 0.244 e. The van der Waals surface area contributed by atoms with Crippen LogP contribution in [0.15, 0.2) is 48.5 Å². The number of benzene rings is 2. The van der Waals surface area contributed by atoms with Crippen molar-refractivity contribution in [2.24, 2.45) is 0 Å². The minimum absolute atomic E-state index is 0.0122. The van der Waals surface area contributed by atoms with Gasteiger partial charge in [0, 0.05) is 13.1 Å². The summed E-state index contributed by atoms with van der Waals surface area (Å²) in [5.41, 5.74) is 0.819. The first-order chi connectivity index (χ1) is 15.6. The highest BCUT2D eigenvalue weighted by Crippen LogP contribution is 2.29. The number of hydrogen-bond donors (Lipinski definition) is 1. The second-order valence-electron chi connectivity index (χ2n) is 7.41. The van der Waals surface area contributed by atoms with E-state index in [4.69, 9.17) is 4.74 Å². The Morgan fingerprint density at radius 2 is 1.73 bits per heavy atom. The first-order valence-electron chi connectivity index (χ1n) is 10.5. The van der Waals surface area contributed by atoms with E-state index in [-0.39, 0.29) is 23.9 Å². The maximum absolute atomic E-state index is 13.5. The molecule has 0 radical (unpaired) electrons. The Labute approximate surface area is 194 Å². The van der Waals surface area contributed by atoms with Gasteiger partial charge in [0.15, 0.2) is 0 Å². The number of nitrogens with one attached hydrogen (secondary N) is 1. The van der Waals surface area contributed by atoms with Gasteiger partial charge in [-0.1, -0.05) is 31.2 Å². The Hall–Kier alpha value is -3.14. The monoisotopic (exact) mass is 479 g/mol. The number of para-hydroxylation sites is 2. The third-order valence-electron chi connectivity index (χ3n) is 5.04. The van der Waals surface area contributed by atoms with Gasteiger partial charge in [-0.05, 0) is 43.2 Å². The summed E-state index contributed by atoms with van der Waals surface area (Å²) in [5.74, 6) is -1.06. The van der Waals surface area contributed by atoms with Crippen LogP contribution in [0.2, 0.25) is 0 Å². The summed E-state index contributed by atoms with van der Waals surface area (Å²) >= 11 is 0. The van der Waals surface area contributed by atoms with Crippen molar-refractivity contribution in [1.82, 2.24) is 10.2 Å². The number of sulfonamides is 1. The van der Waals surface area contributed by atoms with Gasteiger partial charge in [-0.25, -0.2) is 12.8 Å².